The van der Waals surface area contributed by atoms with Crippen LogP contribution in [-0.4, -0.2) is 43.2 Å². The van der Waals surface area contributed by atoms with Crippen LogP contribution in [0.15, 0.2) is 54.6 Å². The molecule has 0 unspecified atom stereocenters. The van der Waals surface area contributed by atoms with Crippen LogP contribution in [-0.2, 0) is 9.53 Å². The number of benzene rings is 2. The van der Waals surface area contributed by atoms with E-state index < -0.39 is 0 Å². The summed E-state index contributed by atoms with van der Waals surface area (Å²) in [7, 11) is 0. The number of nitrogens with zero attached hydrogens (tertiary/aromatic N) is 2. The van der Waals surface area contributed by atoms with Gasteiger partial charge in [0.2, 0.25) is 0 Å². The topological polar surface area (TPSA) is 32.8 Å². The number of fused-ring (bicyclic) bond motifs is 3. The molecule has 4 rings (SSSR count). The Morgan fingerprint density at radius 3 is 2.64 bits per heavy atom. The quantitative estimate of drug-likeness (QED) is 0.654. The van der Waals surface area contributed by atoms with Crippen molar-refractivity contribution in [1.82, 2.24) is 4.90 Å². The summed E-state index contributed by atoms with van der Waals surface area (Å²) in [5.74, 6) is 0.451. The van der Waals surface area contributed by atoms with Crippen LogP contribution in [0.3, 0.4) is 0 Å². The number of rotatable bonds is 6. The SMILES string of the molecule is CCOC(=O)CCCN1CC[C@@H]2[C@@H](C1)c1ccccc1N2c1ccccc1.Cl. The van der Waals surface area contributed by atoms with Crippen LogP contribution in [0.1, 0.15) is 37.7 Å². The smallest absolute Gasteiger partial charge is 0.305 e. The van der Waals surface area contributed by atoms with E-state index in [0.29, 0.717) is 25.0 Å². The standard InChI is InChI=1S/C23H28N2O2.ClH/c1-2-27-23(26)13-8-15-24-16-14-22-20(17-24)19-11-6-7-12-21(19)25(22)18-9-4-3-5-10-18;/h3-7,9-12,20,22H,2,8,13-17H2,1H3;1H/t20-,22+;/m0./s1. The third-order valence-electron chi connectivity index (χ3n) is 5.78. The number of likely N-dealkylation sites (tertiary alicyclic amines) is 1. The van der Waals surface area contributed by atoms with Crippen LogP contribution in [0.4, 0.5) is 11.4 Å². The van der Waals surface area contributed by atoms with Crippen molar-refractivity contribution in [3.05, 3.63) is 60.2 Å². The highest BCUT2D eigenvalue weighted by Gasteiger charge is 2.42. The number of carbonyl (C=O) groups is 1. The Morgan fingerprint density at radius 1 is 1.11 bits per heavy atom. The van der Waals surface area contributed by atoms with Gasteiger partial charge in [-0.15, -0.1) is 12.4 Å². The molecule has 0 saturated carbocycles. The highest BCUT2D eigenvalue weighted by atomic mass is 35.5. The van der Waals surface area contributed by atoms with Gasteiger partial charge in [-0.25, -0.2) is 0 Å². The van der Waals surface area contributed by atoms with E-state index in [4.69, 9.17) is 4.74 Å². The van der Waals surface area contributed by atoms with Gasteiger partial charge in [0.1, 0.15) is 0 Å². The average Bonchev–Trinajstić information content (AvgIpc) is 3.03. The number of ether oxygens (including phenoxy) is 1. The van der Waals surface area contributed by atoms with Gasteiger partial charge in [0.25, 0.3) is 0 Å². The lowest BCUT2D eigenvalue weighted by molar-refractivity contribution is -0.143. The molecule has 0 radical (unpaired) electrons. The van der Waals surface area contributed by atoms with Gasteiger partial charge in [-0.2, -0.15) is 0 Å². The zero-order valence-electron chi connectivity index (χ0n) is 16.4. The van der Waals surface area contributed by atoms with Gasteiger partial charge in [-0.3, -0.25) is 4.79 Å². The second-order valence-corrected chi connectivity index (χ2v) is 7.44. The lowest BCUT2D eigenvalue weighted by Gasteiger charge is -2.39. The molecule has 2 aliphatic rings. The summed E-state index contributed by atoms with van der Waals surface area (Å²) in [5, 5.41) is 0. The summed E-state index contributed by atoms with van der Waals surface area (Å²) in [6.07, 6.45) is 2.54. The Labute approximate surface area is 173 Å². The lowest BCUT2D eigenvalue weighted by atomic mass is 9.89. The summed E-state index contributed by atoms with van der Waals surface area (Å²) in [4.78, 5) is 16.6. The van der Waals surface area contributed by atoms with E-state index in [1.165, 1.54) is 16.9 Å². The van der Waals surface area contributed by atoms with Crippen molar-refractivity contribution in [2.45, 2.75) is 38.1 Å². The molecule has 2 aliphatic heterocycles. The van der Waals surface area contributed by atoms with E-state index in [2.05, 4.69) is 64.4 Å². The zero-order valence-corrected chi connectivity index (χ0v) is 17.2. The summed E-state index contributed by atoms with van der Waals surface area (Å²) < 4.78 is 5.05. The fourth-order valence-corrected chi connectivity index (χ4v) is 4.62. The summed E-state index contributed by atoms with van der Waals surface area (Å²) in [6.45, 7) is 5.45. The molecule has 2 heterocycles. The molecule has 0 aliphatic carbocycles. The van der Waals surface area contributed by atoms with E-state index in [1.54, 1.807) is 0 Å². The number of piperidine rings is 1. The molecule has 1 saturated heterocycles. The summed E-state index contributed by atoms with van der Waals surface area (Å²) in [5.41, 5.74) is 4.10. The Balaban J connectivity index is 0.00000225. The van der Waals surface area contributed by atoms with Gasteiger partial charge >= 0.3 is 5.97 Å². The lowest BCUT2D eigenvalue weighted by Crippen LogP contribution is -2.45. The van der Waals surface area contributed by atoms with E-state index >= 15 is 0 Å². The molecule has 4 nitrogen and oxygen atoms in total. The fourth-order valence-electron chi connectivity index (χ4n) is 4.62. The van der Waals surface area contributed by atoms with Crippen molar-refractivity contribution >= 4 is 29.8 Å². The molecular weight excluding hydrogens is 372 g/mol. The van der Waals surface area contributed by atoms with Gasteiger partial charge in [0.15, 0.2) is 0 Å². The normalized spacial score (nSPS) is 20.8. The predicted octanol–water partition coefficient (Wildman–Crippen LogP) is 4.76. The molecule has 0 aromatic heterocycles. The number of carbonyl (C=O) groups excluding carboxylic acids is 1. The second-order valence-electron chi connectivity index (χ2n) is 7.44. The summed E-state index contributed by atoms with van der Waals surface area (Å²) >= 11 is 0. The van der Waals surface area contributed by atoms with Gasteiger partial charge < -0.3 is 14.5 Å². The Kier molecular flexibility index (Phi) is 6.97. The minimum absolute atomic E-state index is 0. The van der Waals surface area contributed by atoms with Crippen LogP contribution in [0.25, 0.3) is 0 Å². The number of halogens is 1. The van der Waals surface area contributed by atoms with Crippen LogP contribution in [0, 0.1) is 0 Å². The van der Waals surface area contributed by atoms with Gasteiger partial charge in [-0.05, 0) is 50.1 Å². The number of para-hydroxylation sites is 2. The molecule has 0 bridgehead atoms. The maximum absolute atomic E-state index is 11.6. The van der Waals surface area contributed by atoms with Crippen molar-refractivity contribution in [1.29, 1.82) is 0 Å². The highest BCUT2D eigenvalue weighted by molar-refractivity contribution is 5.85. The molecule has 28 heavy (non-hydrogen) atoms. The third kappa shape index (κ3) is 4.18. The Morgan fingerprint density at radius 2 is 1.86 bits per heavy atom. The van der Waals surface area contributed by atoms with Crippen LogP contribution < -0.4 is 4.90 Å². The third-order valence-corrected chi connectivity index (χ3v) is 5.78. The number of hydrogen-bond donors (Lipinski definition) is 0. The molecule has 2 atom stereocenters. The maximum Gasteiger partial charge on any atom is 0.305 e. The minimum atomic E-state index is -0.0751. The Hall–Kier alpha value is -2.04. The van der Waals surface area contributed by atoms with Crippen molar-refractivity contribution in [3.8, 4) is 0 Å². The molecule has 2 aromatic carbocycles. The predicted molar refractivity (Wildman–Crippen MR) is 116 cm³/mol. The van der Waals surface area contributed by atoms with Crippen molar-refractivity contribution < 1.29 is 9.53 Å². The number of esters is 1. The van der Waals surface area contributed by atoms with Crippen LogP contribution in [0.5, 0.6) is 0 Å². The number of anilines is 2. The van der Waals surface area contributed by atoms with Gasteiger partial charge in [0.05, 0.1) is 6.61 Å². The number of hydrogen-bond acceptors (Lipinski definition) is 4. The van der Waals surface area contributed by atoms with Gasteiger partial charge in [-0.1, -0.05) is 36.4 Å². The molecule has 1 fully saturated rings. The molecule has 0 spiro atoms. The maximum atomic E-state index is 11.6. The first kappa shape index (κ1) is 20.7. The fraction of sp³-hybridized carbons (Fsp3) is 0.435. The second kappa shape index (κ2) is 9.44. The average molecular weight is 401 g/mol. The van der Waals surface area contributed by atoms with E-state index in [1.807, 2.05) is 6.92 Å². The largest absolute Gasteiger partial charge is 0.466 e. The van der Waals surface area contributed by atoms with E-state index in [-0.39, 0.29) is 18.4 Å². The highest BCUT2D eigenvalue weighted by Crippen LogP contribution is 2.48. The first-order chi connectivity index (χ1) is 13.3. The van der Waals surface area contributed by atoms with Crippen molar-refractivity contribution in [2.75, 3.05) is 31.1 Å². The molecule has 0 amide bonds. The Bertz CT molecular complexity index is 783. The first-order valence-electron chi connectivity index (χ1n) is 10.1. The van der Waals surface area contributed by atoms with E-state index in [9.17, 15) is 4.79 Å². The van der Waals surface area contributed by atoms with Crippen LogP contribution >= 0.6 is 12.4 Å². The molecule has 5 heteroatoms. The van der Waals surface area contributed by atoms with Gasteiger partial charge in [0, 0.05) is 42.8 Å². The van der Waals surface area contributed by atoms with Crippen molar-refractivity contribution in [2.24, 2.45) is 0 Å². The molecule has 0 N–H and O–H groups in total. The molecule has 2 aromatic rings. The molecular formula is C23H29ClN2O2. The minimum Gasteiger partial charge on any atom is -0.466 e. The van der Waals surface area contributed by atoms with Crippen LogP contribution in [0.2, 0.25) is 0 Å². The van der Waals surface area contributed by atoms with E-state index in [0.717, 1.165) is 32.5 Å². The first-order valence-corrected chi connectivity index (χ1v) is 10.1. The zero-order chi connectivity index (χ0) is 18.6. The summed E-state index contributed by atoms with van der Waals surface area (Å²) in [6, 6.07) is 20.1. The monoisotopic (exact) mass is 400 g/mol. The van der Waals surface area contributed by atoms with Crippen molar-refractivity contribution in [3.63, 3.8) is 0 Å². The molecule has 150 valence electrons.